The van der Waals surface area contributed by atoms with Gasteiger partial charge in [-0.2, -0.15) is 0 Å². The van der Waals surface area contributed by atoms with Crippen LogP contribution in [0.15, 0.2) is 84.9 Å². The van der Waals surface area contributed by atoms with E-state index in [1.54, 1.807) is 14.0 Å². The monoisotopic (exact) mass is 490 g/mol. The molecule has 0 aliphatic rings. The van der Waals surface area contributed by atoms with E-state index in [9.17, 15) is 4.79 Å². The topological polar surface area (TPSA) is 44.8 Å². The minimum Gasteiger partial charge on any atom is -0.497 e. The molecule has 35 heavy (non-hydrogen) atoms. The Morgan fingerprint density at radius 2 is 1.40 bits per heavy atom. The zero-order chi connectivity index (χ0) is 25.3. The van der Waals surface area contributed by atoms with Crippen molar-refractivity contribution in [3.63, 3.8) is 0 Å². The lowest BCUT2D eigenvalue weighted by atomic mass is 10.1. The van der Waals surface area contributed by atoms with Gasteiger partial charge in [0.1, 0.15) is 11.5 Å². The van der Waals surface area contributed by atoms with E-state index in [2.05, 4.69) is 69.3 Å². The van der Waals surface area contributed by atoms with Gasteiger partial charge >= 0.3 is 0 Å². The fourth-order valence-corrected chi connectivity index (χ4v) is 9.19. The molecule has 0 aliphatic heterocycles. The van der Waals surface area contributed by atoms with Crippen molar-refractivity contribution in [2.24, 2.45) is 0 Å². The summed E-state index contributed by atoms with van der Waals surface area (Å²) in [6.07, 6.45) is 0.827. The first-order chi connectivity index (χ1) is 16.8. The molecule has 0 saturated heterocycles. The molecule has 0 aliphatic carbocycles. The fourth-order valence-electron chi connectivity index (χ4n) is 4.61. The number of ketones is 1. The molecule has 0 heterocycles. The third-order valence-electron chi connectivity index (χ3n) is 6.34. The van der Waals surface area contributed by atoms with Crippen LogP contribution in [0, 0.1) is 0 Å². The summed E-state index contributed by atoms with van der Waals surface area (Å²) in [7, 11) is -0.955. The smallest absolute Gasteiger partial charge is 0.261 e. The van der Waals surface area contributed by atoms with E-state index in [0.29, 0.717) is 26.1 Å². The molecule has 1 atom stereocenters. The van der Waals surface area contributed by atoms with Crippen LogP contribution in [-0.2, 0) is 20.6 Å². The van der Waals surface area contributed by atoms with Gasteiger partial charge in [0.25, 0.3) is 8.32 Å². The Hall–Kier alpha value is -2.73. The van der Waals surface area contributed by atoms with Crippen molar-refractivity contribution in [1.82, 2.24) is 0 Å². The fraction of sp³-hybridized carbons (Fsp3) is 0.367. The van der Waals surface area contributed by atoms with Gasteiger partial charge in [-0.3, -0.25) is 4.79 Å². The highest BCUT2D eigenvalue weighted by atomic mass is 28.4. The largest absolute Gasteiger partial charge is 0.497 e. The highest BCUT2D eigenvalue weighted by Gasteiger charge is 2.50. The van der Waals surface area contributed by atoms with Crippen LogP contribution < -0.4 is 15.1 Å². The minimum absolute atomic E-state index is 0.0876. The quantitative estimate of drug-likeness (QED) is 0.313. The number of carbonyl (C=O) groups is 1. The molecule has 0 aromatic heterocycles. The van der Waals surface area contributed by atoms with E-state index in [1.165, 1.54) is 10.4 Å². The normalized spacial score (nSPS) is 12.8. The van der Waals surface area contributed by atoms with Crippen LogP contribution in [-0.4, -0.2) is 33.9 Å². The Balaban J connectivity index is 1.79. The molecule has 4 nitrogen and oxygen atoms in total. The molecule has 0 unspecified atom stereocenters. The maximum Gasteiger partial charge on any atom is 0.261 e. The van der Waals surface area contributed by atoms with Crippen molar-refractivity contribution in [2.45, 2.75) is 58.3 Å². The van der Waals surface area contributed by atoms with Crippen molar-refractivity contribution < 1.29 is 18.7 Å². The van der Waals surface area contributed by atoms with Crippen molar-refractivity contribution in [3.8, 4) is 5.75 Å². The van der Waals surface area contributed by atoms with Crippen molar-refractivity contribution >= 4 is 24.5 Å². The molecule has 0 bridgehead atoms. The van der Waals surface area contributed by atoms with Crippen LogP contribution >= 0.6 is 0 Å². The van der Waals surface area contributed by atoms with E-state index in [4.69, 9.17) is 13.9 Å². The summed E-state index contributed by atoms with van der Waals surface area (Å²) in [6, 6.07) is 29.0. The van der Waals surface area contributed by atoms with Gasteiger partial charge in [0.05, 0.1) is 19.8 Å². The SMILES string of the molecule is COc1ccc(CO[C@@H](CCO[Si](c2ccccc2)(c2ccccc2)C(C)(C)C)CC(C)=O)cc1. The van der Waals surface area contributed by atoms with E-state index in [-0.39, 0.29) is 16.9 Å². The standard InChI is InChI=1S/C30H38O4Si/c1-24(31)22-27(33-23-25-16-18-26(32-5)19-17-25)20-21-34-35(30(2,3)4,28-12-8-6-9-13-28)29-14-10-7-11-15-29/h6-19,27H,20-23H2,1-5H3/t27-/m0/s1. The van der Waals surface area contributed by atoms with Crippen LogP contribution in [0.4, 0.5) is 0 Å². The Morgan fingerprint density at radius 3 is 1.86 bits per heavy atom. The van der Waals surface area contributed by atoms with Gasteiger partial charge in [0.2, 0.25) is 0 Å². The summed E-state index contributed by atoms with van der Waals surface area (Å²) in [5.74, 6) is 0.933. The summed E-state index contributed by atoms with van der Waals surface area (Å²) in [4.78, 5) is 12.0. The highest BCUT2D eigenvalue weighted by molar-refractivity contribution is 6.99. The number of rotatable bonds is 12. The average Bonchev–Trinajstić information content (AvgIpc) is 2.85. The highest BCUT2D eigenvalue weighted by Crippen LogP contribution is 2.37. The maximum absolute atomic E-state index is 12.0. The van der Waals surface area contributed by atoms with E-state index in [0.717, 1.165) is 11.3 Å². The number of ether oxygens (including phenoxy) is 2. The van der Waals surface area contributed by atoms with E-state index >= 15 is 0 Å². The summed E-state index contributed by atoms with van der Waals surface area (Å²) in [6.45, 7) is 9.40. The van der Waals surface area contributed by atoms with Gasteiger partial charge in [-0.25, -0.2) is 0 Å². The molecule has 186 valence electrons. The number of methoxy groups -OCH3 is 1. The van der Waals surface area contributed by atoms with Crippen molar-refractivity contribution in [2.75, 3.05) is 13.7 Å². The summed E-state index contributed by atoms with van der Waals surface area (Å²) in [5.41, 5.74) is 1.05. The molecule has 3 aromatic rings. The maximum atomic E-state index is 12.0. The second-order valence-corrected chi connectivity index (χ2v) is 14.3. The van der Waals surface area contributed by atoms with Gasteiger partial charge in [-0.05, 0) is 46.5 Å². The van der Waals surface area contributed by atoms with Crippen LogP contribution in [0.2, 0.25) is 5.04 Å². The van der Waals surface area contributed by atoms with E-state index in [1.807, 2.05) is 36.4 Å². The van der Waals surface area contributed by atoms with E-state index < -0.39 is 8.32 Å². The molecule has 3 rings (SSSR count). The lowest BCUT2D eigenvalue weighted by molar-refractivity contribution is -0.120. The summed E-state index contributed by atoms with van der Waals surface area (Å²) in [5, 5.41) is 2.41. The Labute approximate surface area is 211 Å². The van der Waals surface area contributed by atoms with Gasteiger partial charge in [0.15, 0.2) is 0 Å². The molecule has 0 N–H and O–H groups in total. The first-order valence-corrected chi connectivity index (χ1v) is 14.2. The average molecular weight is 491 g/mol. The molecular weight excluding hydrogens is 452 g/mol. The molecule has 5 heteroatoms. The van der Waals surface area contributed by atoms with Crippen LogP contribution in [0.1, 0.15) is 46.1 Å². The Morgan fingerprint density at radius 1 is 0.857 bits per heavy atom. The van der Waals surface area contributed by atoms with Gasteiger partial charge in [-0.1, -0.05) is 93.6 Å². The zero-order valence-corrected chi connectivity index (χ0v) is 22.6. The van der Waals surface area contributed by atoms with Crippen molar-refractivity contribution in [3.05, 3.63) is 90.5 Å². The first kappa shape index (κ1) is 26.9. The molecule has 0 saturated carbocycles. The third-order valence-corrected chi connectivity index (χ3v) is 11.4. The lowest BCUT2D eigenvalue weighted by Crippen LogP contribution is -2.66. The second-order valence-electron chi connectivity index (χ2n) is 9.99. The summed E-state index contributed by atoms with van der Waals surface area (Å²) < 4.78 is 18.4. The van der Waals surface area contributed by atoms with Gasteiger partial charge in [-0.15, -0.1) is 0 Å². The molecule has 3 aromatic carbocycles. The second kappa shape index (κ2) is 12.3. The predicted octanol–water partition coefficient (Wildman–Crippen LogP) is 5.53. The van der Waals surface area contributed by atoms with Gasteiger partial charge in [0, 0.05) is 13.0 Å². The number of hydrogen-bond acceptors (Lipinski definition) is 4. The summed E-state index contributed by atoms with van der Waals surface area (Å²) >= 11 is 0. The van der Waals surface area contributed by atoms with Crippen LogP contribution in [0.5, 0.6) is 5.75 Å². The number of carbonyl (C=O) groups excluding carboxylic acids is 1. The molecule has 0 spiro atoms. The number of hydrogen-bond donors (Lipinski definition) is 0. The molecule has 0 amide bonds. The Kier molecular flexibility index (Phi) is 9.44. The Bertz CT molecular complexity index is 1000. The van der Waals surface area contributed by atoms with Crippen molar-refractivity contribution in [1.29, 1.82) is 0 Å². The predicted molar refractivity (Wildman–Crippen MR) is 145 cm³/mol. The lowest BCUT2D eigenvalue weighted by Gasteiger charge is -2.43. The van der Waals surface area contributed by atoms with Gasteiger partial charge < -0.3 is 13.9 Å². The molecule has 0 fully saturated rings. The van der Waals surface area contributed by atoms with Crippen LogP contribution in [0.25, 0.3) is 0 Å². The minimum atomic E-state index is -2.61. The first-order valence-electron chi connectivity index (χ1n) is 12.3. The molecular formula is C30H38O4Si. The third kappa shape index (κ3) is 6.91. The van der Waals surface area contributed by atoms with Crippen LogP contribution in [0.3, 0.4) is 0 Å². The molecule has 0 radical (unpaired) electrons. The zero-order valence-electron chi connectivity index (χ0n) is 21.6. The number of benzene rings is 3. The number of Topliss-reactive ketones (excluding diaryl/α,β-unsaturated/α-hetero) is 1.